The van der Waals surface area contributed by atoms with Crippen LogP contribution in [0, 0.1) is 0 Å². The fourth-order valence-electron chi connectivity index (χ4n) is 10.4. The van der Waals surface area contributed by atoms with Crippen molar-refractivity contribution < 1.29 is 24.2 Å². The van der Waals surface area contributed by atoms with Gasteiger partial charge in [-0.05, 0) is 90.3 Å². The molecule has 0 spiro atoms. The fourth-order valence-corrected chi connectivity index (χ4v) is 10.4. The topological polar surface area (TPSA) is 109 Å². The predicted octanol–water partition coefficient (Wildman–Crippen LogP) is 5.23. The molecule has 4 aromatic carbocycles. The number of piperidine rings is 1. The smallest absolute Gasteiger partial charge is 0.255 e. The van der Waals surface area contributed by atoms with Gasteiger partial charge in [0.15, 0.2) is 0 Å². The van der Waals surface area contributed by atoms with Crippen molar-refractivity contribution in [3.05, 3.63) is 131 Å². The number of nitrogens with one attached hydrogen (secondary N) is 1. The average molecular weight is 779 g/mol. The van der Waals surface area contributed by atoms with Crippen LogP contribution in [0.15, 0.2) is 97.2 Å². The van der Waals surface area contributed by atoms with Crippen LogP contribution in [0.5, 0.6) is 11.5 Å². The molecule has 11 heteroatoms. The molecule has 5 heterocycles. The summed E-state index contributed by atoms with van der Waals surface area (Å²) < 4.78 is 6.38. The number of carbonyl (C=O) groups is 3. The lowest BCUT2D eigenvalue weighted by Gasteiger charge is -2.46. The first-order valence-corrected chi connectivity index (χ1v) is 20.9. The molecule has 4 atom stereocenters. The number of phenols is 1. The van der Waals surface area contributed by atoms with Crippen LogP contribution in [-0.4, -0.2) is 109 Å². The monoisotopic (exact) mass is 778 g/mol. The van der Waals surface area contributed by atoms with Crippen LogP contribution in [0.1, 0.15) is 69.3 Å². The summed E-state index contributed by atoms with van der Waals surface area (Å²) in [6, 6.07) is 29.1. The molecule has 3 amide bonds. The maximum Gasteiger partial charge on any atom is 0.255 e. The minimum Gasteiger partial charge on any atom is -0.508 e. The SMILES string of the molecule is C=C1CCC(N2Cc3c(ccc4c3OC[C@H]3CN(C(=O)CN5CCN(c6ccc([C@@H]7c8ccc(O)cc8CCC7c7ccccc7)cc6)CC5)CCN43)C2=O)C(=O)N1. The first-order chi connectivity index (χ1) is 28.3. The number of hydrogen-bond donors (Lipinski definition) is 2. The molecule has 6 aliphatic rings. The Hall–Kier alpha value is -5.81. The Bertz CT molecular complexity index is 2270. The molecule has 298 valence electrons. The number of aromatic hydroxyl groups is 1. The molecule has 0 bridgehead atoms. The number of carbonyl (C=O) groups excluding carboxylic acids is 3. The summed E-state index contributed by atoms with van der Waals surface area (Å²) in [6.45, 7) is 10.3. The van der Waals surface area contributed by atoms with E-state index in [4.69, 9.17) is 4.74 Å². The number of anilines is 2. The Morgan fingerprint density at radius 1 is 0.845 bits per heavy atom. The summed E-state index contributed by atoms with van der Waals surface area (Å²) in [5.41, 5.74) is 9.50. The van der Waals surface area contributed by atoms with Crippen molar-refractivity contribution in [1.82, 2.24) is 20.0 Å². The molecule has 2 N–H and O–H groups in total. The van der Waals surface area contributed by atoms with E-state index in [-0.39, 0.29) is 29.7 Å². The van der Waals surface area contributed by atoms with E-state index >= 15 is 0 Å². The van der Waals surface area contributed by atoms with Crippen molar-refractivity contribution in [1.29, 1.82) is 0 Å². The summed E-state index contributed by atoms with van der Waals surface area (Å²) in [4.78, 5) is 50.5. The van der Waals surface area contributed by atoms with Crippen molar-refractivity contribution in [2.75, 3.05) is 68.8 Å². The van der Waals surface area contributed by atoms with Crippen molar-refractivity contribution in [3.63, 3.8) is 0 Å². The number of aryl methyl sites for hydroxylation is 1. The number of ether oxygens (including phenoxy) is 1. The first kappa shape index (κ1) is 36.5. The van der Waals surface area contributed by atoms with E-state index in [2.05, 4.69) is 87.3 Å². The molecule has 0 aromatic heterocycles. The quantitative estimate of drug-likeness (QED) is 0.274. The molecule has 58 heavy (non-hydrogen) atoms. The molecule has 2 unspecified atom stereocenters. The van der Waals surface area contributed by atoms with E-state index in [1.807, 2.05) is 29.2 Å². The Balaban J connectivity index is 0.748. The van der Waals surface area contributed by atoms with Gasteiger partial charge in [-0.15, -0.1) is 0 Å². The highest BCUT2D eigenvalue weighted by Crippen LogP contribution is 2.47. The van der Waals surface area contributed by atoms with Crippen LogP contribution in [0.3, 0.4) is 0 Å². The third-order valence-electron chi connectivity index (χ3n) is 13.5. The Morgan fingerprint density at radius 2 is 1.66 bits per heavy atom. The number of rotatable bonds is 6. The summed E-state index contributed by atoms with van der Waals surface area (Å²) in [6.07, 6.45) is 3.21. The predicted molar refractivity (Wildman–Crippen MR) is 222 cm³/mol. The third-order valence-corrected chi connectivity index (χ3v) is 13.5. The van der Waals surface area contributed by atoms with Gasteiger partial charge in [0.25, 0.3) is 5.91 Å². The Kier molecular flexibility index (Phi) is 9.35. The van der Waals surface area contributed by atoms with Crippen LogP contribution in [0.4, 0.5) is 11.4 Å². The number of hydrogen-bond acceptors (Lipinski definition) is 8. The van der Waals surface area contributed by atoms with Gasteiger partial charge in [0.05, 0.1) is 24.8 Å². The number of allylic oxidation sites excluding steroid dienone is 1. The van der Waals surface area contributed by atoms with Crippen LogP contribution >= 0.6 is 0 Å². The summed E-state index contributed by atoms with van der Waals surface area (Å²) in [5, 5.41) is 13.0. The van der Waals surface area contributed by atoms with Crippen molar-refractivity contribution in [2.45, 2.75) is 56.1 Å². The van der Waals surface area contributed by atoms with E-state index in [9.17, 15) is 19.5 Å². The largest absolute Gasteiger partial charge is 0.508 e. The lowest BCUT2D eigenvalue weighted by molar-refractivity contribution is -0.133. The van der Waals surface area contributed by atoms with E-state index in [0.717, 1.165) is 56.0 Å². The fraction of sp³-hybridized carbons (Fsp3) is 0.383. The second-order valence-electron chi connectivity index (χ2n) is 16.8. The lowest BCUT2D eigenvalue weighted by atomic mass is 9.69. The zero-order valence-corrected chi connectivity index (χ0v) is 32.8. The molecule has 3 saturated heterocycles. The first-order valence-electron chi connectivity index (χ1n) is 20.9. The normalized spacial score (nSPS) is 24.4. The minimum atomic E-state index is -0.515. The maximum absolute atomic E-state index is 13.7. The average Bonchev–Trinajstić information content (AvgIpc) is 3.59. The minimum absolute atomic E-state index is 0.0311. The second kappa shape index (κ2) is 14.8. The number of amides is 3. The molecule has 4 aromatic rings. The maximum atomic E-state index is 13.7. The van der Waals surface area contributed by atoms with Crippen molar-refractivity contribution in [3.8, 4) is 11.5 Å². The molecular weight excluding hydrogens is 729 g/mol. The summed E-state index contributed by atoms with van der Waals surface area (Å²) in [7, 11) is 0. The van der Waals surface area contributed by atoms with Gasteiger partial charge in [0.1, 0.15) is 24.1 Å². The number of nitrogens with zero attached hydrogens (tertiary/aromatic N) is 5. The summed E-state index contributed by atoms with van der Waals surface area (Å²) >= 11 is 0. The van der Waals surface area contributed by atoms with Gasteiger partial charge in [-0.1, -0.05) is 55.1 Å². The molecule has 5 aliphatic heterocycles. The molecule has 10 rings (SSSR count). The number of phenolic OH excluding ortho intramolecular Hbond substituents is 1. The van der Waals surface area contributed by atoms with Crippen LogP contribution < -0.4 is 19.9 Å². The van der Waals surface area contributed by atoms with Gasteiger partial charge >= 0.3 is 0 Å². The Labute approximate surface area is 339 Å². The molecule has 1 aliphatic carbocycles. The molecule has 0 radical (unpaired) electrons. The van der Waals surface area contributed by atoms with Crippen LogP contribution in [0.25, 0.3) is 0 Å². The highest BCUT2D eigenvalue weighted by atomic mass is 16.5. The zero-order chi connectivity index (χ0) is 39.5. The third kappa shape index (κ3) is 6.55. The van der Waals surface area contributed by atoms with E-state index in [1.165, 1.54) is 27.9 Å². The number of fused-ring (bicyclic) bond motifs is 6. The van der Waals surface area contributed by atoms with E-state index in [0.29, 0.717) is 75.1 Å². The van der Waals surface area contributed by atoms with Crippen LogP contribution in [-0.2, 0) is 22.6 Å². The van der Waals surface area contributed by atoms with Crippen molar-refractivity contribution in [2.24, 2.45) is 0 Å². The van der Waals surface area contributed by atoms with Gasteiger partial charge in [-0.3, -0.25) is 19.3 Å². The number of benzene rings is 4. The standard InChI is InChI=1S/C47H50N6O5/c1-30-7-17-42(46(56)48-30)53-27-40-39(47(53)57)16-18-41-45(40)58-29-35-26-51(23-24-52(35)41)43(55)28-49-19-21-50(22-20-49)34-11-8-32(9-12-34)44-37(31-5-3-2-4-6-31)14-10-33-25-36(54)13-15-38(33)44/h2-6,8-9,11-13,15-16,18,25,35,37,42,44,54H,1,7,10,14,17,19-24,26-29H2,(H,48,56)/t35-,37?,42?,44+/m1/s1. The zero-order valence-electron chi connectivity index (χ0n) is 32.8. The molecule has 0 saturated carbocycles. The van der Waals surface area contributed by atoms with Gasteiger partial charge in [-0.25, -0.2) is 0 Å². The van der Waals surface area contributed by atoms with Crippen molar-refractivity contribution >= 4 is 29.1 Å². The van der Waals surface area contributed by atoms with E-state index in [1.54, 1.807) is 4.90 Å². The molecular formula is C47H50N6O5. The van der Waals surface area contributed by atoms with Gasteiger partial charge in [0.2, 0.25) is 11.8 Å². The highest BCUT2D eigenvalue weighted by Gasteiger charge is 2.43. The van der Waals surface area contributed by atoms with Crippen LogP contribution in [0.2, 0.25) is 0 Å². The molecule has 3 fully saturated rings. The van der Waals surface area contributed by atoms with Gasteiger partial charge in [0, 0.05) is 74.2 Å². The second-order valence-corrected chi connectivity index (χ2v) is 16.8. The summed E-state index contributed by atoms with van der Waals surface area (Å²) in [5.74, 6) is 1.49. The number of piperazine rings is 2. The molecule has 11 nitrogen and oxygen atoms in total. The highest BCUT2D eigenvalue weighted by molar-refractivity contribution is 6.03. The van der Waals surface area contributed by atoms with Gasteiger partial charge < -0.3 is 34.8 Å². The van der Waals surface area contributed by atoms with E-state index < -0.39 is 6.04 Å². The Morgan fingerprint density at radius 3 is 2.45 bits per heavy atom. The van der Waals surface area contributed by atoms with Gasteiger partial charge in [-0.2, -0.15) is 0 Å². The lowest BCUT2D eigenvalue weighted by Crippen LogP contribution is -2.60.